The maximum atomic E-state index is 8.05. The third-order valence-corrected chi connectivity index (χ3v) is 1.34. The first kappa shape index (κ1) is 8.27. The number of rotatable bonds is 2. The Bertz CT molecular complexity index is 128. The number of hydrogen-bond acceptors (Lipinski definition) is 1. The van der Waals surface area contributed by atoms with Gasteiger partial charge in [-0.25, -0.2) is 0 Å². The van der Waals surface area contributed by atoms with Gasteiger partial charge in [0.05, 0.1) is 21.1 Å². The van der Waals surface area contributed by atoms with Crippen molar-refractivity contribution in [2.45, 2.75) is 13.1 Å². The van der Waals surface area contributed by atoms with E-state index in [1.165, 1.54) is 0 Å². The van der Waals surface area contributed by atoms with Gasteiger partial charge in [-0.1, -0.05) is 0 Å². The summed E-state index contributed by atoms with van der Waals surface area (Å²) >= 11 is 0. The van der Waals surface area contributed by atoms with Crippen molar-refractivity contribution in [3.05, 3.63) is 10.4 Å². The highest BCUT2D eigenvalue weighted by Gasteiger charge is 2.14. The largest absolute Gasteiger partial charge is 0.324 e. The summed E-state index contributed by atoms with van der Waals surface area (Å²) in [5.74, 6) is 0. The van der Waals surface area contributed by atoms with Gasteiger partial charge in [0.25, 0.3) is 0 Å². The van der Waals surface area contributed by atoms with Crippen LogP contribution in [0.2, 0.25) is 0 Å². The van der Waals surface area contributed by atoms with E-state index in [9.17, 15) is 0 Å². The van der Waals surface area contributed by atoms with E-state index >= 15 is 0 Å². The molecule has 52 valence electrons. The average molecular weight is 129 g/mol. The lowest BCUT2D eigenvalue weighted by Crippen LogP contribution is -2.41. The summed E-state index contributed by atoms with van der Waals surface area (Å²) in [4.78, 5) is 2.71. The Balaban J connectivity index is 4.03. The van der Waals surface area contributed by atoms with E-state index in [0.717, 1.165) is 0 Å². The van der Waals surface area contributed by atoms with Crippen LogP contribution in [0.15, 0.2) is 5.11 Å². The van der Waals surface area contributed by atoms with Crippen LogP contribution in [0, 0.1) is 0 Å². The van der Waals surface area contributed by atoms with Crippen molar-refractivity contribution in [2.75, 3.05) is 21.1 Å². The molecular formula is C5H13N4+. The van der Waals surface area contributed by atoms with E-state index in [4.69, 9.17) is 5.53 Å². The molecule has 0 rings (SSSR count). The van der Waals surface area contributed by atoms with Gasteiger partial charge in [-0.3, -0.25) is 0 Å². The van der Waals surface area contributed by atoms with Gasteiger partial charge in [0.1, 0.15) is 0 Å². The Labute approximate surface area is 55.3 Å². The number of azide groups is 1. The molecule has 0 saturated heterocycles. The molecule has 0 N–H and O–H groups in total. The molecule has 0 aromatic rings. The molecule has 1 atom stereocenters. The number of quaternary nitrogens is 1. The summed E-state index contributed by atoms with van der Waals surface area (Å²) in [5.41, 5.74) is 8.05. The van der Waals surface area contributed by atoms with Crippen molar-refractivity contribution < 1.29 is 4.48 Å². The van der Waals surface area contributed by atoms with E-state index in [0.29, 0.717) is 4.48 Å². The molecule has 9 heavy (non-hydrogen) atoms. The summed E-state index contributed by atoms with van der Waals surface area (Å²) in [7, 11) is 5.96. The maximum absolute atomic E-state index is 8.05. The van der Waals surface area contributed by atoms with E-state index in [1.807, 2.05) is 28.1 Å². The zero-order valence-electron chi connectivity index (χ0n) is 6.37. The summed E-state index contributed by atoms with van der Waals surface area (Å²) in [6.45, 7) is 1.89. The molecule has 0 fully saturated rings. The summed E-state index contributed by atoms with van der Waals surface area (Å²) in [6.07, 6.45) is 0.00926. The fourth-order valence-corrected chi connectivity index (χ4v) is 0.230. The fraction of sp³-hybridized carbons (Fsp3) is 1.00. The molecule has 0 aliphatic heterocycles. The van der Waals surface area contributed by atoms with Crippen LogP contribution in [-0.4, -0.2) is 31.8 Å². The first-order valence-corrected chi connectivity index (χ1v) is 2.84. The van der Waals surface area contributed by atoms with E-state index < -0.39 is 0 Å². The van der Waals surface area contributed by atoms with Crippen LogP contribution in [0.5, 0.6) is 0 Å². The molecular weight excluding hydrogens is 116 g/mol. The molecule has 0 aliphatic rings. The molecule has 4 nitrogen and oxygen atoms in total. The summed E-state index contributed by atoms with van der Waals surface area (Å²) in [6, 6.07) is 0. The minimum atomic E-state index is 0.00926. The van der Waals surface area contributed by atoms with Crippen LogP contribution in [-0.2, 0) is 0 Å². The lowest BCUT2D eigenvalue weighted by Gasteiger charge is -2.27. The molecule has 0 aliphatic carbocycles. The molecule has 0 amide bonds. The predicted octanol–water partition coefficient (Wildman–Crippen LogP) is 1.35. The highest BCUT2D eigenvalue weighted by Crippen LogP contribution is 2.02. The van der Waals surface area contributed by atoms with Gasteiger partial charge in [0.15, 0.2) is 6.17 Å². The van der Waals surface area contributed by atoms with Gasteiger partial charge in [0.2, 0.25) is 0 Å². The van der Waals surface area contributed by atoms with Crippen LogP contribution in [0.4, 0.5) is 0 Å². The van der Waals surface area contributed by atoms with Gasteiger partial charge >= 0.3 is 0 Å². The molecule has 1 unspecified atom stereocenters. The zero-order chi connectivity index (χ0) is 7.49. The minimum absolute atomic E-state index is 0.00926. The second kappa shape index (κ2) is 2.71. The Morgan fingerprint density at radius 2 is 1.89 bits per heavy atom. The smallest absolute Gasteiger partial charge is 0.166 e. The summed E-state index contributed by atoms with van der Waals surface area (Å²) < 4.78 is 0.671. The highest BCUT2D eigenvalue weighted by atomic mass is 15.4. The first-order valence-electron chi connectivity index (χ1n) is 2.84. The van der Waals surface area contributed by atoms with Crippen molar-refractivity contribution in [3.8, 4) is 0 Å². The molecule has 0 aromatic carbocycles. The first-order chi connectivity index (χ1) is 3.98. The van der Waals surface area contributed by atoms with Crippen LogP contribution in [0.1, 0.15) is 6.92 Å². The Morgan fingerprint density at radius 3 is 2.00 bits per heavy atom. The monoisotopic (exact) mass is 129 g/mol. The molecule has 0 saturated carbocycles. The lowest BCUT2D eigenvalue weighted by molar-refractivity contribution is -0.893. The SMILES string of the molecule is CC(N=[N+]=[N-])[N+](C)(C)C. The van der Waals surface area contributed by atoms with E-state index in [1.54, 1.807) is 0 Å². The van der Waals surface area contributed by atoms with E-state index in [-0.39, 0.29) is 6.17 Å². The second-order valence-corrected chi connectivity index (χ2v) is 2.95. The molecule has 0 bridgehead atoms. The fourth-order valence-electron chi connectivity index (χ4n) is 0.230. The second-order valence-electron chi connectivity index (χ2n) is 2.95. The molecule has 4 heteroatoms. The highest BCUT2D eigenvalue weighted by molar-refractivity contribution is 4.46. The molecule has 0 radical (unpaired) electrons. The third kappa shape index (κ3) is 2.95. The van der Waals surface area contributed by atoms with Crippen LogP contribution < -0.4 is 0 Å². The Morgan fingerprint density at radius 1 is 1.44 bits per heavy atom. The molecule has 0 heterocycles. The normalized spacial score (nSPS) is 14.2. The topological polar surface area (TPSA) is 48.8 Å². The van der Waals surface area contributed by atoms with Crippen LogP contribution in [0.25, 0.3) is 10.4 Å². The standard InChI is InChI=1S/C5H13N4/c1-5(7-8-6)9(2,3)4/h5H,1-4H3/q+1. The minimum Gasteiger partial charge on any atom is -0.324 e. The zero-order valence-corrected chi connectivity index (χ0v) is 6.37. The van der Waals surface area contributed by atoms with Crippen LogP contribution >= 0.6 is 0 Å². The van der Waals surface area contributed by atoms with Crippen LogP contribution in [0.3, 0.4) is 0 Å². The van der Waals surface area contributed by atoms with Crippen molar-refractivity contribution in [2.24, 2.45) is 5.11 Å². The third-order valence-electron chi connectivity index (χ3n) is 1.34. The van der Waals surface area contributed by atoms with Gasteiger partial charge in [-0.2, -0.15) is 0 Å². The van der Waals surface area contributed by atoms with E-state index in [2.05, 4.69) is 10.0 Å². The predicted molar refractivity (Wildman–Crippen MR) is 36.6 cm³/mol. The average Bonchev–Trinajstić information content (AvgIpc) is 1.64. The number of hydrogen-bond donors (Lipinski definition) is 0. The Hall–Kier alpha value is -0.730. The number of nitrogens with zero attached hydrogens (tertiary/aromatic N) is 4. The Kier molecular flexibility index (Phi) is 2.49. The summed E-state index contributed by atoms with van der Waals surface area (Å²) in [5, 5.41) is 3.55. The van der Waals surface area contributed by atoms with Gasteiger partial charge in [-0.15, -0.1) is 0 Å². The van der Waals surface area contributed by atoms with Crippen molar-refractivity contribution in [1.29, 1.82) is 0 Å². The van der Waals surface area contributed by atoms with Gasteiger partial charge < -0.3 is 4.48 Å². The van der Waals surface area contributed by atoms with Crippen molar-refractivity contribution in [3.63, 3.8) is 0 Å². The lowest BCUT2D eigenvalue weighted by atomic mass is 10.5. The molecule has 0 spiro atoms. The molecule has 0 aromatic heterocycles. The van der Waals surface area contributed by atoms with Crippen molar-refractivity contribution in [1.82, 2.24) is 0 Å². The van der Waals surface area contributed by atoms with Gasteiger partial charge in [-0.05, 0) is 17.6 Å². The van der Waals surface area contributed by atoms with Crippen molar-refractivity contribution >= 4 is 0 Å². The van der Waals surface area contributed by atoms with Gasteiger partial charge in [0, 0.05) is 4.91 Å². The maximum Gasteiger partial charge on any atom is 0.166 e. The quantitative estimate of drug-likeness (QED) is 0.234.